The molecule has 5 nitrogen and oxygen atoms in total. The number of amides is 1. The van der Waals surface area contributed by atoms with Crippen molar-refractivity contribution < 1.29 is 78.2 Å². The maximum absolute atomic E-state index is 12.0. The van der Waals surface area contributed by atoms with Crippen LogP contribution in [-0.4, -0.2) is 12.5 Å². The van der Waals surface area contributed by atoms with Gasteiger partial charge >= 0.3 is 59.1 Å². The average Bonchev–Trinajstić information content (AvgIpc) is 2.51. The molecular weight excluding hydrogens is 379 g/mol. The van der Waals surface area contributed by atoms with Crippen molar-refractivity contribution in [2.45, 2.75) is 51.5 Å². The van der Waals surface area contributed by atoms with Crippen LogP contribution in [0.4, 0.5) is 0 Å². The molecular formula is C16H24NNa2O4PS. The maximum Gasteiger partial charge on any atom is 1.00 e. The summed E-state index contributed by atoms with van der Waals surface area (Å²) in [5, 5.41) is 2.83. The van der Waals surface area contributed by atoms with Crippen molar-refractivity contribution >= 4 is 24.4 Å². The van der Waals surface area contributed by atoms with Crippen molar-refractivity contribution in [1.29, 1.82) is 0 Å². The fraction of sp³-hybridized carbons (Fsp3) is 0.562. The third-order valence-electron chi connectivity index (χ3n) is 3.44. The second-order valence-electron chi connectivity index (χ2n) is 5.44. The van der Waals surface area contributed by atoms with E-state index >= 15 is 0 Å². The predicted octanol–water partition coefficient (Wildman–Crippen LogP) is -3.83. The van der Waals surface area contributed by atoms with Gasteiger partial charge in [0.25, 0.3) is 0 Å². The van der Waals surface area contributed by atoms with Crippen LogP contribution in [0.25, 0.3) is 0 Å². The Morgan fingerprint density at radius 3 is 2.32 bits per heavy atom. The summed E-state index contributed by atoms with van der Waals surface area (Å²) in [6.45, 7) is -2.28. The Bertz CT molecular complexity index is 516. The molecule has 1 rings (SSSR count). The molecule has 0 saturated heterocycles. The molecule has 25 heavy (non-hydrogen) atoms. The number of carbonyl (C=O) groups excluding carboxylic acids is 1. The van der Waals surface area contributed by atoms with Gasteiger partial charge in [-0.1, -0.05) is 69.7 Å². The first-order valence-electron chi connectivity index (χ1n) is 7.93. The van der Waals surface area contributed by atoms with Gasteiger partial charge in [0, 0.05) is 6.42 Å². The molecule has 0 bridgehead atoms. The van der Waals surface area contributed by atoms with E-state index in [9.17, 15) is 14.6 Å². The van der Waals surface area contributed by atoms with Crippen LogP contribution in [0.2, 0.25) is 0 Å². The second-order valence-corrected chi connectivity index (χ2v) is 7.93. The smallest absolute Gasteiger partial charge is 0.812 e. The van der Waals surface area contributed by atoms with E-state index < -0.39 is 12.8 Å². The molecule has 0 spiro atoms. The first-order valence-corrected chi connectivity index (χ1v) is 10.5. The summed E-state index contributed by atoms with van der Waals surface area (Å²) < 4.78 is 4.70. The Labute approximate surface area is 200 Å². The van der Waals surface area contributed by atoms with E-state index in [-0.39, 0.29) is 71.6 Å². The Kier molecular flexibility index (Phi) is 18.4. The van der Waals surface area contributed by atoms with E-state index in [1.165, 1.54) is 6.42 Å². The number of hydrogen-bond donors (Lipinski definition) is 1. The Balaban J connectivity index is 0. The number of hydrogen-bond acceptors (Lipinski definition) is 5. The SMILES string of the molecule is CCCCCCCC(=O)N[C@@H](COP([O-])([O-])=S)c1ccccc1.[Na+].[Na+]. The van der Waals surface area contributed by atoms with Gasteiger partial charge in [-0.25, -0.2) is 0 Å². The van der Waals surface area contributed by atoms with Gasteiger partial charge in [0.05, 0.1) is 12.6 Å². The molecule has 0 aliphatic rings. The Morgan fingerprint density at radius 2 is 1.76 bits per heavy atom. The summed E-state index contributed by atoms with van der Waals surface area (Å²) in [6, 6.07) is 8.60. The van der Waals surface area contributed by atoms with E-state index in [0.717, 1.165) is 31.2 Å². The fourth-order valence-electron chi connectivity index (χ4n) is 2.23. The molecule has 1 amide bonds. The summed E-state index contributed by atoms with van der Waals surface area (Å²) in [5.74, 6) is -0.107. The van der Waals surface area contributed by atoms with Gasteiger partial charge in [0.1, 0.15) is 0 Å². The van der Waals surface area contributed by atoms with E-state index in [0.29, 0.717) is 6.42 Å². The Morgan fingerprint density at radius 1 is 1.16 bits per heavy atom. The van der Waals surface area contributed by atoms with Crippen LogP contribution < -0.4 is 74.2 Å². The molecule has 0 unspecified atom stereocenters. The molecule has 1 aromatic rings. The topological polar surface area (TPSA) is 84.5 Å². The van der Waals surface area contributed by atoms with Crippen LogP contribution in [0, 0.1) is 0 Å². The standard InChI is InChI=1S/C16H26NO4PS.2Na/c1-2-3-4-5-9-12-16(18)17-15(13-21-22(19,20)23)14-10-7-6-8-11-14;;/h6-8,10-11,15H,2-5,9,12-13H2,1H3,(H,17,18)(H2,19,20,23);;/q;2*+1/p-2/t15-;;/m0../s1. The maximum atomic E-state index is 12.0. The van der Waals surface area contributed by atoms with E-state index in [4.69, 9.17) is 4.52 Å². The van der Waals surface area contributed by atoms with Crippen LogP contribution in [0.3, 0.4) is 0 Å². The molecule has 0 fully saturated rings. The second kappa shape index (κ2) is 16.2. The monoisotopic (exact) mass is 403 g/mol. The quantitative estimate of drug-likeness (QED) is 0.233. The average molecular weight is 403 g/mol. The van der Waals surface area contributed by atoms with Gasteiger partial charge in [-0.2, -0.15) is 0 Å². The zero-order valence-corrected chi connectivity index (χ0v) is 21.1. The van der Waals surface area contributed by atoms with Crippen molar-refractivity contribution in [1.82, 2.24) is 5.32 Å². The van der Waals surface area contributed by atoms with Crippen LogP contribution in [0.5, 0.6) is 0 Å². The van der Waals surface area contributed by atoms with Crippen molar-refractivity contribution in [3.05, 3.63) is 35.9 Å². The number of nitrogens with one attached hydrogen (secondary N) is 1. The van der Waals surface area contributed by atoms with Gasteiger partial charge in [0.2, 0.25) is 5.91 Å². The van der Waals surface area contributed by atoms with Crippen molar-refractivity contribution in [2.75, 3.05) is 6.61 Å². The van der Waals surface area contributed by atoms with Gasteiger partial charge < -0.3 is 19.6 Å². The third kappa shape index (κ3) is 14.9. The number of unbranched alkanes of at least 4 members (excludes halogenated alkanes) is 4. The van der Waals surface area contributed by atoms with Crippen molar-refractivity contribution in [3.63, 3.8) is 0 Å². The van der Waals surface area contributed by atoms with Crippen LogP contribution >= 0.6 is 6.72 Å². The summed E-state index contributed by atoms with van der Waals surface area (Å²) in [4.78, 5) is 34.1. The molecule has 0 aliphatic carbocycles. The minimum absolute atomic E-state index is 0. The van der Waals surface area contributed by atoms with Crippen LogP contribution in [0.15, 0.2) is 30.3 Å². The Hall–Kier alpha value is 1.22. The first kappa shape index (κ1) is 28.4. The van der Waals surface area contributed by atoms with Crippen molar-refractivity contribution in [2.24, 2.45) is 0 Å². The molecule has 0 heterocycles. The molecule has 0 aromatic heterocycles. The van der Waals surface area contributed by atoms with Crippen LogP contribution in [0.1, 0.15) is 57.1 Å². The molecule has 130 valence electrons. The fourth-order valence-corrected chi connectivity index (χ4v) is 2.74. The molecule has 9 heteroatoms. The zero-order valence-electron chi connectivity index (χ0n) is 15.4. The molecule has 1 atom stereocenters. The van der Waals surface area contributed by atoms with E-state index in [1.807, 2.05) is 30.3 Å². The molecule has 0 saturated carbocycles. The third-order valence-corrected chi connectivity index (χ3v) is 4.23. The summed E-state index contributed by atoms with van der Waals surface area (Å²) in [5.41, 5.74) is 0.787. The molecule has 1 aromatic carbocycles. The van der Waals surface area contributed by atoms with Gasteiger partial charge in [-0.15, -0.1) is 11.8 Å². The minimum atomic E-state index is -4.24. The van der Waals surface area contributed by atoms with Gasteiger partial charge in [0.15, 0.2) is 0 Å². The zero-order chi connectivity index (χ0) is 17.1. The summed E-state index contributed by atoms with van der Waals surface area (Å²) in [6.07, 6.45) is 5.75. The molecule has 0 aliphatic heterocycles. The predicted molar refractivity (Wildman–Crippen MR) is 90.9 cm³/mol. The van der Waals surface area contributed by atoms with Gasteiger partial charge in [-0.05, 0) is 12.0 Å². The van der Waals surface area contributed by atoms with E-state index in [2.05, 4.69) is 24.0 Å². The van der Waals surface area contributed by atoms with Crippen molar-refractivity contribution in [3.8, 4) is 0 Å². The first-order chi connectivity index (χ1) is 10.9. The minimum Gasteiger partial charge on any atom is -0.812 e. The van der Waals surface area contributed by atoms with Gasteiger partial charge in [-0.3, -0.25) is 4.79 Å². The largest absolute Gasteiger partial charge is 1.00 e. The number of carbonyl (C=O) groups is 1. The van der Waals surface area contributed by atoms with Crippen LogP contribution in [-0.2, 0) is 21.1 Å². The van der Waals surface area contributed by atoms with E-state index in [1.54, 1.807) is 0 Å². The normalized spacial score (nSPS) is 11.8. The number of rotatable bonds is 11. The molecule has 1 N–H and O–H groups in total. The number of benzene rings is 1. The molecule has 0 radical (unpaired) electrons. The summed E-state index contributed by atoms with van der Waals surface area (Å²) in [7, 11) is 0. The summed E-state index contributed by atoms with van der Waals surface area (Å²) >= 11 is 4.24.